The predicted molar refractivity (Wildman–Crippen MR) is 151 cm³/mol. The monoisotopic (exact) mass is 674 g/mol. The number of carbonyl (C=O) groups excluding carboxylic acids is 1. The summed E-state index contributed by atoms with van der Waals surface area (Å²) in [6.45, 7) is 2.85. The number of aryl methyl sites for hydroxylation is 1. The van der Waals surface area contributed by atoms with Gasteiger partial charge in [-0.2, -0.15) is 0 Å². The molecule has 0 saturated carbocycles. The zero-order valence-electron chi connectivity index (χ0n) is 21.2. The summed E-state index contributed by atoms with van der Waals surface area (Å²) in [5.74, 6) is -0.0625. The predicted octanol–water partition coefficient (Wildman–Crippen LogP) is 8.03. The van der Waals surface area contributed by atoms with Gasteiger partial charge in [-0.3, -0.25) is 9.78 Å². The molecule has 0 aliphatic heterocycles. The second kappa shape index (κ2) is 10.0. The van der Waals surface area contributed by atoms with Crippen molar-refractivity contribution in [3.63, 3.8) is 0 Å². The van der Waals surface area contributed by atoms with Crippen LogP contribution in [0.2, 0.25) is 0 Å². The zero-order chi connectivity index (χ0) is 25.7. The van der Waals surface area contributed by atoms with Gasteiger partial charge in [0.2, 0.25) is 0 Å². The number of hydrogen-bond acceptors (Lipinski definition) is 3. The molecule has 0 atom stereocenters. The van der Waals surface area contributed by atoms with Crippen molar-refractivity contribution in [2.45, 2.75) is 13.8 Å². The number of hydrogen-bond donors (Lipinski definition) is 1. The fourth-order valence-electron chi connectivity index (χ4n) is 5.35. The first-order valence-corrected chi connectivity index (χ1v) is 12.2. The largest absolute Gasteiger partial charge is 0.512 e. The van der Waals surface area contributed by atoms with E-state index in [4.69, 9.17) is 10.1 Å². The molecule has 1 N–H and O–H groups in total. The maximum absolute atomic E-state index is 10.0. The van der Waals surface area contributed by atoms with Crippen LogP contribution in [0.5, 0.6) is 0 Å². The Morgan fingerprint density at radius 2 is 1.53 bits per heavy atom. The van der Waals surface area contributed by atoms with Crippen LogP contribution in [0.3, 0.4) is 0 Å². The Labute approximate surface area is 234 Å². The fraction of sp³-hybridized carbons (Fsp3) is 0.0909. The van der Waals surface area contributed by atoms with Crippen molar-refractivity contribution in [2.24, 2.45) is 7.05 Å². The second-order valence-corrected chi connectivity index (χ2v) is 9.42. The number of benzene rings is 4. The number of ketones is 1. The molecule has 0 fully saturated rings. The van der Waals surface area contributed by atoms with Crippen LogP contribution in [0, 0.1) is 6.07 Å². The Bertz CT molecular complexity index is 1900. The van der Waals surface area contributed by atoms with E-state index >= 15 is 0 Å². The van der Waals surface area contributed by atoms with Crippen molar-refractivity contribution in [2.75, 3.05) is 0 Å². The molecule has 4 nitrogen and oxygen atoms in total. The van der Waals surface area contributed by atoms with Gasteiger partial charge in [0.25, 0.3) is 0 Å². The molecule has 1 radical (unpaired) electrons. The molecule has 0 bridgehead atoms. The molecule has 0 amide bonds. The van der Waals surface area contributed by atoms with E-state index in [2.05, 4.69) is 103 Å². The summed E-state index contributed by atoms with van der Waals surface area (Å²) in [5, 5.41) is 12.1. The Morgan fingerprint density at radius 3 is 2.24 bits per heavy atom. The summed E-state index contributed by atoms with van der Waals surface area (Å²) in [7, 11) is 2.13. The normalized spacial score (nSPS) is 11.7. The zero-order valence-corrected chi connectivity index (χ0v) is 23.6. The number of para-hydroxylation sites is 1. The smallest absolute Gasteiger partial charge is 0.155 e. The van der Waals surface area contributed by atoms with Crippen molar-refractivity contribution in [3.8, 4) is 33.5 Å². The maximum atomic E-state index is 10.0. The Hall–Kier alpha value is -4.05. The minimum Gasteiger partial charge on any atom is -0.512 e. The maximum Gasteiger partial charge on any atom is 0.155 e. The van der Waals surface area contributed by atoms with Crippen molar-refractivity contribution >= 4 is 38.5 Å². The van der Waals surface area contributed by atoms with Gasteiger partial charge in [0.1, 0.15) is 0 Å². The molecule has 1 aliphatic carbocycles. The topological polar surface area (TPSA) is 55.1 Å². The molecule has 0 unspecified atom stereocenters. The number of allylic oxidation sites excluding steroid dienone is 2. The summed E-state index contributed by atoms with van der Waals surface area (Å²) in [6, 6.07) is 33.7. The van der Waals surface area contributed by atoms with Crippen LogP contribution in [0.4, 0.5) is 0 Å². The number of aliphatic hydroxyl groups is 1. The van der Waals surface area contributed by atoms with Crippen molar-refractivity contribution in [1.82, 2.24) is 9.55 Å². The van der Waals surface area contributed by atoms with Gasteiger partial charge in [0.15, 0.2) is 5.78 Å². The molecule has 4 aromatic carbocycles. The van der Waals surface area contributed by atoms with E-state index in [-0.39, 0.29) is 31.6 Å². The van der Waals surface area contributed by atoms with Gasteiger partial charge < -0.3 is 9.67 Å². The van der Waals surface area contributed by atoms with Crippen LogP contribution >= 0.6 is 0 Å². The van der Waals surface area contributed by atoms with Crippen LogP contribution in [0.15, 0.2) is 96.8 Å². The first kappa shape index (κ1) is 25.6. The van der Waals surface area contributed by atoms with Crippen LogP contribution in [0.1, 0.15) is 13.8 Å². The Kier molecular flexibility index (Phi) is 6.75. The molecular weight excluding hydrogens is 649 g/mol. The number of nitrogens with zero attached hydrogens (tertiary/aromatic N) is 2. The van der Waals surface area contributed by atoms with Gasteiger partial charge in [-0.15, -0.1) is 23.8 Å². The third-order valence-corrected chi connectivity index (χ3v) is 6.88. The van der Waals surface area contributed by atoms with Gasteiger partial charge in [0, 0.05) is 44.1 Å². The molecule has 0 saturated heterocycles. The summed E-state index contributed by atoms with van der Waals surface area (Å²) in [6.07, 6.45) is 1.17. The van der Waals surface area contributed by atoms with E-state index in [1.165, 1.54) is 69.4 Å². The molecule has 2 heterocycles. The summed E-state index contributed by atoms with van der Waals surface area (Å²) in [5.41, 5.74) is 10.6. The molecule has 0 spiro atoms. The van der Waals surface area contributed by atoms with Gasteiger partial charge in [-0.05, 0) is 64.8 Å². The number of aromatic nitrogens is 2. The van der Waals surface area contributed by atoms with Gasteiger partial charge in [-0.1, -0.05) is 66.0 Å². The van der Waals surface area contributed by atoms with Gasteiger partial charge >= 0.3 is 0 Å². The molecule has 1 aliphatic rings. The molecule has 2 aromatic heterocycles. The standard InChI is InChI=1S/C28H17N2.C5H8O2.Ir/c1-30-26-12-5-4-9-20(26)21-14-13-17(15-27(21)30)25-16-23-19-8-3-2-7-18(19)22-10-6-11-24(29-25)28(22)23;1-4(6)3-5(2)7;/h2-12,14-16H,1H3;3,6H,1-2H3;/q-1;;/b;4-3-;. The van der Waals surface area contributed by atoms with E-state index in [1.807, 2.05) is 0 Å². The second-order valence-electron chi connectivity index (χ2n) is 9.42. The minimum atomic E-state index is -0.125. The average Bonchev–Trinajstić information content (AvgIpc) is 3.37. The first-order chi connectivity index (χ1) is 17.9. The Morgan fingerprint density at radius 1 is 0.842 bits per heavy atom. The minimum absolute atomic E-state index is 0. The summed E-state index contributed by atoms with van der Waals surface area (Å²) in [4.78, 5) is 15.1. The number of aliphatic hydroxyl groups excluding tert-OH is 1. The van der Waals surface area contributed by atoms with Crippen LogP contribution in [-0.2, 0) is 31.9 Å². The van der Waals surface area contributed by atoms with E-state index in [0.29, 0.717) is 0 Å². The van der Waals surface area contributed by atoms with Crippen molar-refractivity contribution in [3.05, 3.63) is 103 Å². The quantitative estimate of drug-likeness (QED) is 0.115. The number of pyridine rings is 1. The Balaban J connectivity index is 0.000000329. The fourth-order valence-corrected chi connectivity index (χ4v) is 5.35. The van der Waals surface area contributed by atoms with Crippen molar-refractivity contribution < 1.29 is 30.0 Å². The number of rotatable bonds is 2. The van der Waals surface area contributed by atoms with Gasteiger partial charge in [-0.25, -0.2) is 0 Å². The first-order valence-electron chi connectivity index (χ1n) is 12.2. The molecule has 7 rings (SSSR count). The third kappa shape index (κ3) is 4.24. The van der Waals surface area contributed by atoms with Crippen LogP contribution in [-0.4, -0.2) is 20.4 Å². The molecule has 5 heteroatoms. The molecule has 189 valence electrons. The molecule has 6 aromatic rings. The third-order valence-electron chi connectivity index (χ3n) is 6.88. The van der Waals surface area contributed by atoms with Crippen LogP contribution in [0.25, 0.3) is 66.2 Å². The van der Waals surface area contributed by atoms with Crippen molar-refractivity contribution in [1.29, 1.82) is 0 Å². The van der Waals surface area contributed by atoms with E-state index in [1.54, 1.807) is 0 Å². The SMILES string of the molecule is CC(=O)/C=C(/C)O.Cn1c2ccccc2c2c[c-]c(-c3cc4c5c(cccc5n3)-c3ccccc3-4)cc21.[Ir]. The van der Waals surface area contributed by atoms with E-state index in [9.17, 15) is 4.79 Å². The summed E-state index contributed by atoms with van der Waals surface area (Å²) >= 11 is 0. The molecular formula is C33H25IrN2O2-. The van der Waals surface area contributed by atoms with Gasteiger partial charge in [0.05, 0.1) is 11.3 Å². The van der Waals surface area contributed by atoms with E-state index < -0.39 is 0 Å². The average molecular weight is 674 g/mol. The van der Waals surface area contributed by atoms with E-state index in [0.717, 1.165) is 16.8 Å². The van der Waals surface area contributed by atoms with Crippen LogP contribution < -0.4 is 0 Å². The number of fused-ring (bicyclic) bond motifs is 6. The summed E-state index contributed by atoms with van der Waals surface area (Å²) < 4.78 is 2.26. The number of carbonyl (C=O) groups is 1. The molecule has 38 heavy (non-hydrogen) atoms.